The fourth-order valence-electron chi connectivity index (χ4n) is 2.41. The van der Waals surface area contributed by atoms with Crippen molar-refractivity contribution >= 4 is 41.5 Å². The first-order valence-electron chi connectivity index (χ1n) is 8.74. The van der Waals surface area contributed by atoms with Gasteiger partial charge < -0.3 is 25.8 Å². The van der Waals surface area contributed by atoms with E-state index in [-0.39, 0.29) is 36.5 Å². The lowest BCUT2D eigenvalue weighted by Crippen LogP contribution is -2.28. The quantitative estimate of drug-likeness (QED) is 0.281. The molecule has 0 saturated heterocycles. The summed E-state index contributed by atoms with van der Waals surface area (Å²) in [7, 11) is 1.65. The first-order chi connectivity index (χ1) is 13.1. The van der Waals surface area contributed by atoms with Crippen molar-refractivity contribution in [2.24, 2.45) is 10.7 Å². The summed E-state index contributed by atoms with van der Waals surface area (Å²) < 4.78 is 10.7. The summed E-state index contributed by atoms with van der Waals surface area (Å²) in [4.78, 5) is 15.8. The zero-order valence-corrected chi connectivity index (χ0v) is 18.4. The van der Waals surface area contributed by atoms with Gasteiger partial charge in [0.25, 0.3) is 5.91 Å². The normalized spacial score (nSPS) is 10.7. The Balaban J connectivity index is 0.00000392. The summed E-state index contributed by atoms with van der Waals surface area (Å²) >= 11 is 0. The van der Waals surface area contributed by atoms with E-state index in [9.17, 15) is 4.79 Å². The van der Waals surface area contributed by atoms with Crippen LogP contribution in [0.5, 0.6) is 5.75 Å². The Hall–Kier alpha value is -2.33. The largest absolute Gasteiger partial charge is 0.484 e. The predicted molar refractivity (Wildman–Crippen MR) is 122 cm³/mol. The number of ether oxygens (including phenoxy) is 2. The molecule has 0 aliphatic heterocycles. The lowest BCUT2D eigenvalue weighted by Gasteiger charge is -2.11. The van der Waals surface area contributed by atoms with Gasteiger partial charge in [-0.05, 0) is 30.7 Å². The van der Waals surface area contributed by atoms with Gasteiger partial charge in [0.2, 0.25) is 0 Å². The first kappa shape index (κ1) is 23.7. The molecule has 7 nitrogen and oxygen atoms in total. The molecule has 152 valence electrons. The van der Waals surface area contributed by atoms with Gasteiger partial charge in [-0.25, -0.2) is 4.99 Å². The van der Waals surface area contributed by atoms with Crippen LogP contribution >= 0.6 is 24.0 Å². The van der Waals surface area contributed by atoms with Gasteiger partial charge >= 0.3 is 0 Å². The molecule has 0 aliphatic rings. The summed E-state index contributed by atoms with van der Waals surface area (Å²) in [6.07, 6.45) is 0. The molecular formula is C20H27IN4O3. The van der Waals surface area contributed by atoms with Crippen LogP contribution in [0.25, 0.3) is 0 Å². The summed E-state index contributed by atoms with van der Waals surface area (Å²) in [5.41, 5.74) is 8.79. The number of hydrogen-bond donors (Lipinski definition) is 3. The number of anilines is 1. The fraction of sp³-hybridized carbons (Fsp3) is 0.300. The number of rotatable bonds is 9. The molecule has 2 aromatic carbocycles. The van der Waals surface area contributed by atoms with Gasteiger partial charge in [0.1, 0.15) is 5.75 Å². The van der Waals surface area contributed by atoms with Gasteiger partial charge in [-0.2, -0.15) is 0 Å². The van der Waals surface area contributed by atoms with Crippen molar-refractivity contribution in [3.63, 3.8) is 0 Å². The van der Waals surface area contributed by atoms with Crippen LogP contribution in [0, 0.1) is 0 Å². The SMILES string of the molecule is CCNC(=O)COc1cccc(CN=C(N)Nc2ccccc2COC)c1.I. The van der Waals surface area contributed by atoms with E-state index in [1.165, 1.54) is 0 Å². The number of methoxy groups -OCH3 is 1. The van der Waals surface area contributed by atoms with Crippen molar-refractivity contribution in [2.45, 2.75) is 20.1 Å². The molecule has 0 heterocycles. The third-order valence-electron chi connectivity index (χ3n) is 3.65. The van der Waals surface area contributed by atoms with Crippen LogP contribution < -0.4 is 21.1 Å². The van der Waals surface area contributed by atoms with E-state index in [2.05, 4.69) is 15.6 Å². The Labute approximate surface area is 182 Å². The second kappa shape index (κ2) is 12.9. The molecule has 0 unspecified atom stereocenters. The highest BCUT2D eigenvalue weighted by Gasteiger charge is 2.04. The maximum atomic E-state index is 11.5. The van der Waals surface area contributed by atoms with E-state index < -0.39 is 0 Å². The van der Waals surface area contributed by atoms with Crippen molar-refractivity contribution < 1.29 is 14.3 Å². The van der Waals surface area contributed by atoms with E-state index >= 15 is 0 Å². The zero-order valence-electron chi connectivity index (χ0n) is 16.1. The Kier molecular flexibility index (Phi) is 11.0. The average Bonchev–Trinajstić information content (AvgIpc) is 2.67. The number of likely N-dealkylation sites (N-methyl/N-ethyl adjacent to an activating group) is 1. The summed E-state index contributed by atoms with van der Waals surface area (Å²) in [5.74, 6) is 0.780. The minimum absolute atomic E-state index is 0. The molecule has 0 aromatic heterocycles. The predicted octanol–water partition coefficient (Wildman–Crippen LogP) is 2.89. The van der Waals surface area contributed by atoms with Crippen LogP contribution in [0.1, 0.15) is 18.1 Å². The van der Waals surface area contributed by atoms with Crippen LogP contribution in [-0.2, 0) is 22.7 Å². The van der Waals surface area contributed by atoms with E-state index in [1.807, 2.05) is 49.4 Å². The van der Waals surface area contributed by atoms with Crippen LogP contribution in [0.4, 0.5) is 5.69 Å². The van der Waals surface area contributed by atoms with E-state index in [1.54, 1.807) is 13.2 Å². The van der Waals surface area contributed by atoms with Crippen LogP contribution in [0.15, 0.2) is 53.5 Å². The van der Waals surface area contributed by atoms with Gasteiger partial charge in [-0.15, -0.1) is 24.0 Å². The zero-order chi connectivity index (χ0) is 19.5. The smallest absolute Gasteiger partial charge is 0.257 e. The molecule has 4 N–H and O–H groups in total. The summed E-state index contributed by atoms with van der Waals surface area (Å²) in [5, 5.41) is 5.79. The monoisotopic (exact) mass is 498 g/mol. The third kappa shape index (κ3) is 8.13. The lowest BCUT2D eigenvalue weighted by atomic mass is 10.2. The molecule has 2 aromatic rings. The number of guanidine groups is 1. The molecule has 0 radical (unpaired) electrons. The van der Waals surface area contributed by atoms with Crippen LogP contribution in [-0.4, -0.2) is 32.1 Å². The number of amides is 1. The number of carbonyl (C=O) groups is 1. The molecule has 0 bridgehead atoms. The van der Waals surface area contributed by atoms with Gasteiger partial charge in [0.05, 0.1) is 13.2 Å². The van der Waals surface area contributed by atoms with E-state index in [4.69, 9.17) is 15.2 Å². The van der Waals surface area contributed by atoms with Crippen molar-refractivity contribution in [1.29, 1.82) is 0 Å². The Morgan fingerprint density at radius 2 is 1.96 bits per heavy atom. The van der Waals surface area contributed by atoms with Crippen molar-refractivity contribution in [3.8, 4) is 5.75 Å². The van der Waals surface area contributed by atoms with E-state index in [0.717, 1.165) is 16.8 Å². The number of para-hydroxylation sites is 1. The fourth-order valence-corrected chi connectivity index (χ4v) is 2.41. The molecular weight excluding hydrogens is 471 g/mol. The number of aliphatic imine (C=N–C) groups is 1. The minimum atomic E-state index is -0.149. The van der Waals surface area contributed by atoms with Gasteiger partial charge in [0.15, 0.2) is 12.6 Å². The van der Waals surface area contributed by atoms with Gasteiger partial charge in [-0.3, -0.25) is 4.79 Å². The second-order valence-electron chi connectivity index (χ2n) is 5.81. The number of carbonyl (C=O) groups excluding carboxylic acids is 1. The van der Waals surface area contributed by atoms with E-state index in [0.29, 0.717) is 31.4 Å². The van der Waals surface area contributed by atoms with Crippen molar-refractivity contribution in [2.75, 3.05) is 25.6 Å². The van der Waals surface area contributed by atoms with Crippen LogP contribution in [0.2, 0.25) is 0 Å². The van der Waals surface area contributed by atoms with Crippen molar-refractivity contribution in [3.05, 3.63) is 59.7 Å². The van der Waals surface area contributed by atoms with Crippen molar-refractivity contribution in [1.82, 2.24) is 5.32 Å². The highest BCUT2D eigenvalue weighted by Crippen LogP contribution is 2.16. The standard InChI is InChI=1S/C20H26N4O3.HI/c1-3-22-19(25)14-27-17-9-6-7-15(11-17)12-23-20(21)24-18-10-5-4-8-16(18)13-26-2;/h4-11H,3,12-14H2,1-2H3,(H,22,25)(H3,21,23,24);1H. The highest BCUT2D eigenvalue weighted by atomic mass is 127. The molecule has 0 saturated carbocycles. The molecule has 28 heavy (non-hydrogen) atoms. The summed E-state index contributed by atoms with van der Waals surface area (Å²) in [6.45, 7) is 3.31. The van der Waals surface area contributed by atoms with Gasteiger partial charge in [-0.1, -0.05) is 30.3 Å². The number of hydrogen-bond acceptors (Lipinski definition) is 4. The number of halogens is 1. The Morgan fingerprint density at radius 3 is 2.71 bits per heavy atom. The molecule has 0 spiro atoms. The molecule has 8 heteroatoms. The molecule has 1 amide bonds. The second-order valence-corrected chi connectivity index (χ2v) is 5.81. The molecule has 2 rings (SSSR count). The van der Waals surface area contributed by atoms with Gasteiger partial charge in [0, 0.05) is 24.9 Å². The number of nitrogens with zero attached hydrogens (tertiary/aromatic N) is 1. The topological polar surface area (TPSA) is 98.0 Å². The Bertz CT molecular complexity index is 784. The maximum absolute atomic E-state index is 11.5. The number of benzene rings is 2. The molecule has 0 fully saturated rings. The number of nitrogens with two attached hydrogens (primary N) is 1. The lowest BCUT2D eigenvalue weighted by molar-refractivity contribution is -0.122. The Morgan fingerprint density at radius 1 is 1.18 bits per heavy atom. The molecule has 0 atom stereocenters. The van der Waals surface area contributed by atoms with Crippen LogP contribution in [0.3, 0.4) is 0 Å². The summed E-state index contributed by atoms with van der Waals surface area (Å²) in [6, 6.07) is 15.2. The third-order valence-corrected chi connectivity index (χ3v) is 3.65. The minimum Gasteiger partial charge on any atom is -0.484 e. The maximum Gasteiger partial charge on any atom is 0.257 e. The molecule has 0 aliphatic carbocycles. The highest BCUT2D eigenvalue weighted by molar-refractivity contribution is 14.0. The first-order valence-corrected chi connectivity index (χ1v) is 8.74. The average molecular weight is 498 g/mol. The number of nitrogens with one attached hydrogen (secondary N) is 2.